The molecule has 0 amide bonds. The number of aromatic nitrogens is 2. The molecule has 0 aliphatic carbocycles. The second-order valence-corrected chi connectivity index (χ2v) is 5.50. The molecule has 0 atom stereocenters. The van der Waals surface area contributed by atoms with E-state index >= 15 is 0 Å². The molecule has 4 nitrogen and oxygen atoms in total. The first kappa shape index (κ1) is 14.0. The third kappa shape index (κ3) is 2.77. The summed E-state index contributed by atoms with van der Waals surface area (Å²) in [6.45, 7) is 0. The van der Waals surface area contributed by atoms with Gasteiger partial charge in [0.05, 0.1) is 5.56 Å². The van der Waals surface area contributed by atoms with Crippen LogP contribution in [-0.4, -0.2) is 15.2 Å². The van der Waals surface area contributed by atoms with Gasteiger partial charge in [-0.15, -0.1) is 0 Å². The van der Waals surface area contributed by atoms with Crippen molar-refractivity contribution >= 4 is 27.5 Å². The molecule has 0 saturated heterocycles. The topological polar surface area (TPSA) is 59.2 Å². The molecule has 1 aromatic heterocycles. The lowest BCUT2D eigenvalue weighted by Crippen LogP contribution is -1.85. The first-order valence-corrected chi connectivity index (χ1v) is 7.00. The SMILES string of the molecule is Oc1cc(Cl)ccc1-c1nc(-c2cc(F)ccc2Br)no1. The molecule has 0 aliphatic rings. The van der Waals surface area contributed by atoms with E-state index in [2.05, 4.69) is 26.1 Å². The fraction of sp³-hybridized carbons (Fsp3) is 0. The highest BCUT2D eigenvalue weighted by Crippen LogP contribution is 2.33. The largest absolute Gasteiger partial charge is 0.507 e. The zero-order chi connectivity index (χ0) is 15.0. The molecule has 0 radical (unpaired) electrons. The number of phenols is 1. The average molecular weight is 370 g/mol. The van der Waals surface area contributed by atoms with Gasteiger partial charge in [-0.1, -0.05) is 32.7 Å². The average Bonchev–Trinajstić information content (AvgIpc) is 2.91. The van der Waals surface area contributed by atoms with Crippen LogP contribution in [0.1, 0.15) is 0 Å². The van der Waals surface area contributed by atoms with Gasteiger partial charge in [-0.25, -0.2) is 4.39 Å². The highest BCUT2D eigenvalue weighted by molar-refractivity contribution is 9.10. The molecule has 21 heavy (non-hydrogen) atoms. The van der Waals surface area contributed by atoms with Gasteiger partial charge in [0, 0.05) is 15.1 Å². The summed E-state index contributed by atoms with van der Waals surface area (Å²) in [6.07, 6.45) is 0. The molecule has 0 aliphatic heterocycles. The Morgan fingerprint density at radius 1 is 1.14 bits per heavy atom. The third-order valence-corrected chi connectivity index (χ3v) is 3.71. The minimum atomic E-state index is -0.408. The Morgan fingerprint density at radius 2 is 1.95 bits per heavy atom. The van der Waals surface area contributed by atoms with Crippen LogP contribution in [0.2, 0.25) is 5.02 Å². The molecule has 0 bridgehead atoms. The Bertz CT molecular complexity index is 822. The standard InChI is InChI=1S/C14H7BrClFN2O2/c15-11-4-2-8(17)6-10(11)13-18-14(21-19-13)9-3-1-7(16)5-12(9)20/h1-6,20H. The normalized spacial score (nSPS) is 10.8. The molecule has 106 valence electrons. The van der Waals surface area contributed by atoms with Gasteiger partial charge >= 0.3 is 0 Å². The van der Waals surface area contributed by atoms with Crippen LogP contribution in [0, 0.1) is 5.82 Å². The summed E-state index contributed by atoms with van der Waals surface area (Å²) in [7, 11) is 0. The number of halogens is 3. The first-order chi connectivity index (χ1) is 10.0. The number of rotatable bonds is 2. The molecule has 1 N–H and O–H groups in total. The number of hydrogen-bond donors (Lipinski definition) is 1. The molecule has 3 rings (SSSR count). The lowest BCUT2D eigenvalue weighted by molar-refractivity contribution is 0.425. The van der Waals surface area contributed by atoms with Crippen LogP contribution in [-0.2, 0) is 0 Å². The number of aromatic hydroxyl groups is 1. The molecular weight excluding hydrogens is 363 g/mol. The van der Waals surface area contributed by atoms with Crippen molar-refractivity contribution in [2.45, 2.75) is 0 Å². The van der Waals surface area contributed by atoms with Crippen LogP contribution in [0.4, 0.5) is 4.39 Å². The Balaban J connectivity index is 2.06. The van der Waals surface area contributed by atoms with Gasteiger partial charge in [-0.3, -0.25) is 0 Å². The second-order valence-electron chi connectivity index (χ2n) is 4.21. The summed E-state index contributed by atoms with van der Waals surface area (Å²) < 4.78 is 19.1. The fourth-order valence-electron chi connectivity index (χ4n) is 1.80. The minimum Gasteiger partial charge on any atom is -0.507 e. The maximum absolute atomic E-state index is 13.3. The van der Waals surface area contributed by atoms with Gasteiger partial charge in [-0.05, 0) is 36.4 Å². The van der Waals surface area contributed by atoms with E-state index in [0.29, 0.717) is 20.6 Å². The van der Waals surface area contributed by atoms with Gasteiger partial charge in [0.25, 0.3) is 5.89 Å². The molecule has 0 spiro atoms. The summed E-state index contributed by atoms with van der Waals surface area (Å²) >= 11 is 9.07. The first-order valence-electron chi connectivity index (χ1n) is 5.82. The monoisotopic (exact) mass is 368 g/mol. The van der Waals surface area contributed by atoms with Crippen molar-refractivity contribution in [3.8, 4) is 28.6 Å². The smallest absolute Gasteiger partial charge is 0.262 e. The van der Waals surface area contributed by atoms with Crippen molar-refractivity contribution in [2.75, 3.05) is 0 Å². The van der Waals surface area contributed by atoms with Crippen molar-refractivity contribution in [3.05, 3.63) is 51.7 Å². The van der Waals surface area contributed by atoms with E-state index < -0.39 is 5.82 Å². The van der Waals surface area contributed by atoms with Crippen LogP contribution in [0.25, 0.3) is 22.8 Å². The van der Waals surface area contributed by atoms with Crippen LogP contribution >= 0.6 is 27.5 Å². The van der Waals surface area contributed by atoms with Crippen molar-refractivity contribution in [2.24, 2.45) is 0 Å². The molecule has 0 fully saturated rings. The highest BCUT2D eigenvalue weighted by Gasteiger charge is 2.16. The second kappa shape index (κ2) is 5.46. The lowest BCUT2D eigenvalue weighted by Gasteiger charge is -1.99. The van der Waals surface area contributed by atoms with Crippen LogP contribution < -0.4 is 0 Å². The van der Waals surface area contributed by atoms with Crippen LogP contribution in [0.3, 0.4) is 0 Å². The zero-order valence-electron chi connectivity index (χ0n) is 10.3. The Hall–Kier alpha value is -1.92. The molecule has 0 unspecified atom stereocenters. The zero-order valence-corrected chi connectivity index (χ0v) is 12.7. The molecular formula is C14H7BrClFN2O2. The van der Waals surface area contributed by atoms with Crippen molar-refractivity contribution in [3.63, 3.8) is 0 Å². The third-order valence-electron chi connectivity index (χ3n) is 2.79. The van der Waals surface area contributed by atoms with Crippen LogP contribution in [0.5, 0.6) is 5.75 Å². The maximum Gasteiger partial charge on any atom is 0.262 e. The van der Waals surface area contributed by atoms with E-state index in [1.165, 1.54) is 18.2 Å². The Kier molecular flexibility index (Phi) is 3.65. The van der Waals surface area contributed by atoms with E-state index in [9.17, 15) is 9.50 Å². The van der Waals surface area contributed by atoms with Gasteiger partial charge < -0.3 is 9.63 Å². The summed E-state index contributed by atoms with van der Waals surface area (Å²) in [5.74, 6) is -0.147. The van der Waals surface area contributed by atoms with Gasteiger partial charge in [0.1, 0.15) is 11.6 Å². The lowest BCUT2D eigenvalue weighted by atomic mass is 10.2. The van der Waals surface area contributed by atoms with Crippen molar-refractivity contribution in [1.29, 1.82) is 0 Å². The van der Waals surface area contributed by atoms with Crippen molar-refractivity contribution < 1.29 is 14.0 Å². The summed E-state index contributed by atoms with van der Waals surface area (Å²) in [6, 6.07) is 8.70. The van der Waals surface area contributed by atoms with E-state index in [1.807, 2.05) is 0 Å². The predicted molar refractivity (Wildman–Crippen MR) is 79.5 cm³/mol. The number of phenolic OH excluding ortho intramolecular Hbond substituents is 1. The number of nitrogens with zero attached hydrogens (tertiary/aromatic N) is 2. The predicted octanol–water partition coefficient (Wildman–Crippen LogP) is 4.66. The van der Waals surface area contributed by atoms with E-state index in [4.69, 9.17) is 16.1 Å². The Labute approximate surface area is 132 Å². The van der Waals surface area contributed by atoms with Gasteiger partial charge in [0.2, 0.25) is 5.82 Å². The fourth-order valence-corrected chi connectivity index (χ4v) is 2.39. The Morgan fingerprint density at radius 3 is 2.71 bits per heavy atom. The van der Waals surface area contributed by atoms with Crippen LogP contribution in [0.15, 0.2) is 45.4 Å². The highest BCUT2D eigenvalue weighted by atomic mass is 79.9. The van der Waals surface area contributed by atoms with Gasteiger partial charge in [0.15, 0.2) is 0 Å². The summed E-state index contributed by atoms with van der Waals surface area (Å²) in [5.41, 5.74) is 0.809. The minimum absolute atomic E-state index is 0.0731. The summed E-state index contributed by atoms with van der Waals surface area (Å²) in [4.78, 5) is 4.17. The van der Waals surface area contributed by atoms with E-state index in [1.54, 1.807) is 18.2 Å². The molecule has 7 heteroatoms. The summed E-state index contributed by atoms with van der Waals surface area (Å²) in [5, 5.41) is 14.0. The van der Waals surface area contributed by atoms with E-state index in [0.717, 1.165) is 0 Å². The molecule has 1 heterocycles. The van der Waals surface area contributed by atoms with Crippen molar-refractivity contribution in [1.82, 2.24) is 10.1 Å². The molecule has 3 aromatic rings. The van der Waals surface area contributed by atoms with Gasteiger partial charge in [-0.2, -0.15) is 4.98 Å². The number of hydrogen-bond acceptors (Lipinski definition) is 4. The molecule has 2 aromatic carbocycles. The van der Waals surface area contributed by atoms with E-state index in [-0.39, 0.29) is 17.5 Å². The quantitative estimate of drug-likeness (QED) is 0.713. The molecule has 0 saturated carbocycles. The maximum atomic E-state index is 13.3. The number of benzene rings is 2.